The van der Waals surface area contributed by atoms with Crippen molar-refractivity contribution in [2.75, 3.05) is 18.4 Å². The highest BCUT2D eigenvalue weighted by Gasteiger charge is 2.14. The number of hydrogen-bond acceptors (Lipinski definition) is 6. The molecule has 0 saturated carbocycles. The van der Waals surface area contributed by atoms with Gasteiger partial charge in [0, 0.05) is 24.5 Å². The van der Waals surface area contributed by atoms with Crippen LogP contribution in [0.1, 0.15) is 10.4 Å². The lowest BCUT2D eigenvalue weighted by Gasteiger charge is -2.10. The molecule has 0 unspecified atom stereocenters. The molecular formula is C22H21N3O5S. The van der Waals surface area contributed by atoms with Gasteiger partial charge in [-0.3, -0.25) is 9.52 Å². The second-order valence-electron chi connectivity index (χ2n) is 6.29. The number of anilines is 1. The van der Waals surface area contributed by atoms with Gasteiger partial charge in [-0.05, 0) is 54.6 Å². The summed E-state index contributed by atoms with van der Waals surface area (Å²) in [5, 5.41) is 2.66. The Labute approximate surface area is 180 Å². The highest BCUT2D eigenvalue weighted by Crippen LogP contribution is 2.24. The van der Waals surface area contributed by atoms with E-state index in [1.54, 1.807) is 54.6 Å². The number of carbonyl (C=O) groups is 1. The molecule has 3 aromatic rings. The maximum Gasteiger partial charge on any atom is 0.261 e. The lowest BCUT2D eigenvalue weighted by atomic mass is 10.2. The third-order valence-corrected chi connectivity index (χ3v) is 5.50. The Kier molecular flexibility index (Phi) is 6.88. The van der Waals surface area contributed by atoms with Gasteiger partial charge in [-0.1, -0.05) is 6.08 Å². The molecule has 0 bridgehead atoms. The molecule has 31 heavy (non-hydrogen) atoms. The number of nitrogens with zero attached hydrogens (tertiary/aromatic N) is 1. The summed E-state index contributed by atoms with van der Waals surface area (Å²) in [6.45, 7) is 3.91. The van der Waals surface area contributed by atoms with Crippen LogP contribution in [0.2, 0.25) is 0 Å². The van der Waals surface area contributed by atoms with Gasteiger partial charge in [0.1, 0.15) is 11.5 Å². The van der Waals surface area contributed by atoms with E-state index < -0.39 is 10.0 Å². The first-order valence-corrected chi connectivity index (χ1v) is 10.7. The van der Waals surface area contributed by atoms with Crippen molar-refractivity contribution in [3.63, 3.8) is 0 Å². The number of sulfonamides is 1. The molecule has 1 aromatic heterocycles. The number of methoxy groups -OCH3 is 1. The average molecular weight is 439 g/mol. The Morgan fingerprint density at radius 3 is 2.29 bits per heavy atom. The van der Waals surface area contributed by atoms with Crippen LogP contribution in [-0.4, -0.2) is 33.0 Å². The van der Waals surface area contributed by atoms with Crippen molar-refractivity contribution in [2.45, 2.75) is 4.90 Å². The summed E-state index contributed by atoms with van der Waals surface area (Å²) in [7, 11) is -2.22. The summed E-state index contributed by atoms with van der Waals surface area (Å²) < 4.78 is 38.2. The van der Waals surface area contributed by atoms with E-state index in [9.17, 15) is 13.2 Å². The Balaban J connectivity index is 1.63. The molecular weight excluding hydrogens is 418 g/mol. The van der Waals surface area contributed by atoms with E-state index in [0.29, 0.717) is 35.2 Å². The highest BCUT2D eigenvalue weighted by atomic mass is 32.2. The molecule has 0 saturated heterocycles. The standard InChI is InChI=1S/C22H21N3O5S/c1-3-14-23-22(26)16-4-13-21(24-15-16)30-19-7-5-17(6-8-19)25-31(27,28)20-11-9-18(29-2)10-12-20/h3-13,15,25H,1,14H2,2H3,(H,23,26). The van der Waals surface area contributed by atoms with Crippen molar-refractivity contribution in [3.8, 4) is 17.4 Å². The first kappa shape index (κ1) is 21.8. The van der Waals surface area contributed by atoms with Gasteiger partial charge in [-0.2, -0.15) is 0 Å². The summed E-state index contributed by atoms with van der Waals surface area (Å²) in [6, 6.07) is 15.6. The first-order valence-electron chi connectivity index (χ1n) is 9.21. The number of rotatable bonds is 9. The van der Waals surface area contributed by atoms with Crippen LogP contribution in [0.3, 0.4) is 0 Å². The molecule has 0 aliphatic rings. The number of amides is 1. The molecule has 8 nitrogen and oxygen atoms in total. The van der Waals surface area contributed by atoms with E-state index in [1.165, 1.54) is 25.4 Å². The molecule has 2 N–H and O–H groups in total. The predicted octanol–water partition coefficient (Wildman–Crippen LogP) is 3.60. The summed E-state index contributed by atoms with van der Waals surface area (Å²) in [5.74, 6) is 1.07. The molecule has 0 aliphatic heterocycles. The molecule has 1 heterocycles. The van der Waals surface area contributed by atoms with Gasteiger partial charge in [0.25, 0.3) is 15.9 Å². The first-order chi connectivity index (χ1) is 14.9. The SMILES string of the molecule is C=CCNC(=O)c1ccc(Oc2ccc(NS(=O)(=O)c3ccc(OC)cc3)cc2)nc1. The minimum Gasteiger partial charge on any atom is -0.497 e. The van der Waals surface area contributed by atoms with Gasteiger partial charge in [0.2, 0.25) is 5.88 Å². The van der Waals surface area contributed by atoms with E-state index in [2.05, 4.69) is 21.6 Å². The van der Waals surface area contributed by atoms with Gasteiger partial charge in [-0.25, -0.2) is 13.4 Å². The van der Waals surface area contributed by atoms with Crippen LogP contribution in [0.4, 0.5) is 5.69 Å². The molecule has 9 heteroatoms. The lowest BCUT2D eigenvalue weighted by Crippen LogP contribution is -2.23. The molecule has 0 fully saturated rings. The zero-order valence-electron chi connectivity index (χ0n) is 16.7. The van der Waals surface area contributed by atoms with E-state index in [1.807, 2.05) is 0 Å². The fourth-order valence-electron chi connectivity index (χ4n) is 2.52. The Morgan fingerprint density at radius 2 is 1.71 bits per heavy atom. The molecule has 0 atom stereocenters. The molecule has 1 amide bonds. The topological polar surface area (TPSA) is 107 Å². The summed E-state index contributed by atoms with van der Waals surface area (Å²) >= 11 is 0. The van der Waals surface area contributed by atoms with Crippen LogP contribution in [0.5, 0.6) is 17.4 Å². The number of carbonyl (C=O) groups excluding carboxylic acids is 1. The smallest absolute Gasteiger partial charge is 0.261 e. The Morgan fingerprint density at radius 1 is 1.03 bits per heavy atom. The maximum absolute atomic E-state index is 12.5. The predicted molar refractivity (Wildman–Crippen MR) is 117 cm³/mol. The fraction of sp³-hybridized carbons (Fsp3) is 0.0909. The largest absolute Gasteiger partial charge is 0.497 e. The van der Waals surface area contributed by atoms with Crippen molar-refractivity contribution >= 4 is 21.6 Å². The Bertz CT molecular complexity index is 1140. The minimum atomic E-state index is -3.73. The van der Waals surface area contributed by atoms with Gasteiger partial charge >= 0.3 is 0 Å². The van der Waals surface area contributed by atoms with E-state index >= 15 is 0 Å². The average Bonchev–Trinajstić information content (AvgIpc) is 2.79. The third-order valence-electron chi connectivity index (χ3n) is 4.10. The number of benzene rings is 2. The second-order valence-corrected chi connectivity index (χ2v) is 7.97. The van der Waals surface area contributed by atoms with Gasteiger partial charge in [0.05, 0.1) is 17.6 Å². The number of nitrogens with one attached hydrogen (secondary N) is 2. The van der Waals surface area contributed by atoms with E-state index in [4.69, 9.17) is 9.47 Å². The molecule has 2 aromatic carbocycles. The minimum absolute atomic E-state index is 0.120. The second kappa shape index (κ2) is 9.77. The van der Waals surface area contributed by atoms with Crippen LogP contribution in [-0.2, 0) is 10.0 Å². The monoisotopic (exact) mass is 439 g/mol. The number of aromatic nitrogens is 1. The fourth-order valence-corrected chi connectivity index (χ4v) is 3.58. The molecule has 0 radical (unpaired) electrons. The van der Waals surface area contributed by atoms with Crippen molar-refractivity contribution in [1.29, 1.82) is 0 Å². The zero-order chi connectivity index (χ0) is 22.3. The van der Waals surface area contributed by atoms with E-state index in [0.717, 1.165) is 0 Å². The van der Waals surface area contributed by atoms with Gasteiger partial charge in [-0.15, -0.1) is 6.58 Å². The lowest BCUT2D eigenvalue weighted by molar-refractivity contribution is 0.0957. The van der Waals surface area contributed by atoms with Crippen molar-refractivity contribution in [1.82, 2.24) is 10.3 Å². The number of ether oxygens (including phenoxy) is 2. The quantitative estimate of drug-likeness (QED) is 0.494. The zero-order valence-corrected chi connectivity index (χ0v) is 17.6. The van der Waals surface area contributed by atoms with Crippen LogP contribution in [0.15, 0.2) is 84.4 Å². The van der Waals surface area contributed by atoms with Crippen LogP contribution >= 0.6 is 0 Å². The van der Waals surface area contributed by atoms with Gasteiger partial charge < -0.3 is 14.8 Å². The van der Waals surface area contributed by atoms with Crippen molar-refractivity contribution < 1.29 is 22.7 Å². The molecule has 0 aliphatic carbocycles. The normalized spacial score (nSPS) is 10.7. The third kappa shape index (κ3) is 5.83. The van der Waals surface area contributed by atoms with Crippen molar-refractivity contribution in [3.05, 3.63) is 85.1 Å². The van der Waals surface area contributed by atoms with Crippen molar-refractivity contribution in [2.24, 2.45) is 0 Å². The van der Waals surface area contributed by atoms with Gasteiger partial charge in [0.15, 0.2) is 0 Å². The van der Waals surface area contributed by atoms with E-state index in [-0.39, 0.29) is 10.8 Å². The Hall–Kier alpha value is -3.85. The maximum atomic E-state index is 12.5. The van der Waals surface area contributed by atoms with Crippen LogP contribution in [0.25, 0.3) is 0 Å². The summed E-state index contributed by atoms with van der Waals surface area (Å²) in [5.41, 5.74) is 0.780. The molecule has 160 valence electrons. The summed E-state index contributed by atoms with van der Waals surface area (Å²) in [4.78, 5) is 16.1. The molecule has 0 spiro atoms. The van der Waals surface area contributed by atoms with Crippen LogP contribution < -0.4 is 19.5 Å². The summed E-state index contributed by atoms with van der Waals surface area (Å²) in [6.07, 6.45) is 2.99. The number of hydrogen-bond donors (Lipinski definition) is 2. The highest BCUT2D eigenvalue weighted by molar-refractivity contribution is 7.92. The van der Waals surface area contributed by atoms with Crippen LogP contribution in [0, 0.1) is 0 Å². The molecule has 3 rings (SSSR count). The number of pyridine rings is 1.